The maximum absolute atomic E-state index is 12.9. The number of anilines is 1. The molecular formula is C19H22BrFN2O3S. The van der Waals surface area contributed by atoms with Crippen LogP contribution >= 0.6 is 15.9 Å². The second-order valence-electron chi connectivity index (χ2n) is 6.14. The van der Waals surface area contributed by atoms with Gasteiger partial charge in [-0.15, -0.1) is 0 Å². The standard InChI is InChI=1S/C19H22BrFN2O3S/c1-27(25,26)23(18-5-2-4-16(20)14-18)13-3-6-19(24)22-12-11-15-7-9-17(21)10-8-15/h2,4-5,7-10,14H,3,6,11-13H2,1H3,(H,22,24). The van der Waals surface area contributed by atoms with Crippen LogP contribution in [0.3, 0.4) is 0 Å². The van der Waals surface area contributed by atoms with Crippen LogP contribution in [0.4, 0.5) is 10.1 Å². The molecule has 2 rings (SSSR count). The van der Waals surface area contributed by atoms with Crippen molar-refractivity contribution in [1.29, 1.82) is 0 Å². The Kier molecular flexibility index (Phi) is 7.79. The minimum atomic E-state index is -3.44. The number of carbonyl (C=O) groups is 1. The molecule has 0 unspecified atom stereocenters. The Balaban J connectivity index is 1.80. The minimum Gasteiger partial charge on any atom is -0.356 e. The summed E-state index contributed by atoms with van der Waals surface area (Å²) in [5.41, 5.74) is 1.50. The molecule has 0 aliphatic rings. The highest BCUT2D eigenvalue weighted by atomic mass is 79.9. The highest BCUT2D eigenvalue weighted by Crippen LogP contribution is 2.22. The van der Waals surface area contributed by atoms with E-state index >= 15 is 0 Å². The Hall–Kier alpha value is -1.93. The Labute approximate surface area is 167 Å². The van der Waals surface area contributed by atoms with Crippen molar-refractivity contribution in [3.8, 4) is 0 Å². The van der Waals surface area contributed by atoms with E-state index in [0.717, 1.165) is 16.3 Å². The van der Waals surface area contributed by atoms with Gasteiger partial charge in [0.2, 0.25) is 15.9 Å². The number of nitrogens with one attached hydrogen (secondary N) is 1. The molecule has 5 nitrogen and oxygen atoms in total. The summed E-state index contributed by atoms with van der Waals surface area (Å²) < 4.78 is 39.0. The van der Waals surface area contributed by atoms with Crippen LogP contribution in [0.25, 0.3) is 0 Å². The van der Waals surface area contributed by atoms with E-state index in [1.165, 1.54) is 16.4 Å². The van der Waals surface area contributed by atoms with Crippen LogP contribution in [0.15, 0.2) is 53.0 Å². The molecular weight excluding hydrogens is 435 g/mol. The normalized spacial score (nSPS) is 11.2. The second-order valence-corrected chi connectivity index (χ2v) is 8.97. The number of nitrogens with zero attached hydrogens (tertiary/aromatic N) is 1. The molecule has 0 aromatic heterocycles. The largest absolute Gasteiger partial charge is 0.356 e. The molecule has 1 N–H and O–H groups in total. The Morgan fingerprint density at radius 3 is 2.52 bits per heavy atom. The molecule has 0 aliphatic carbocycles. The van der Waals surface area contributed by atoms with Gasteiger partial charge in [-0.3, -0.25) is 9.10 Å². The lowest BCUT2D eigenvalue weighted by molar-refractivity contribution is -0.121. The molecule has 2 aromatic carbocycles. The summed E-state index contributed by atoms with van der Waals surface area (Å²) in [6.45, 7) is 0.673. The van der Waals surface area contributed by atoms with Crippen molar-refractivity contribution in [2.75, 3.05) is 23.7 Å². The number of carbonyl (C=O) groups excluding carboxylic acids is 1. The first kappa shape index (κ1) is 21.4. The fourth-order valence-electron chi connectivity index (χ4n) is 2.59. The summed E-state index contributed by atoms with van der Waals surface area (Å²) in [6.07, 6.45) is 2.39. The van der Waals surface area contributed by atoms with Crippen LogP contribution in [0.1, 0.15) is 18.4 Å². The second kappa shape index (κ2) is 9.85. The predicted molar refractivity (Wildman–Crippen MR) is 109 cm³/mol. The van der Waals surface area contributed by atoms with Crippen molar-refractivity contribution in [2.24, 2.45) is 0 Å². The molecule has 0 spiro atoms. The monoisotopic (exact) mass is 456 g/mol. The number of sulfonamides is 1. The smallest absolute Gasteiger partial charge is 0.232 e. The van der Waals surface area contributed by atoms with E-state index in [0.29, 0.717) is 25.1 Å². The number of amides is 1. The van der Waals surface area contributed by atoms with Gasteiger partial charge in [0.15, 0.2) is 0 Å². The lowest BCUT2D eigenvalue weighted by Crippen LogP contribution is -2.32. The minimum absolute atomic E-state index is 0.139. The van der Waals surface area contributed by atoms with Gasteiger partial charge >= 0.3 is 0 Å². The molecule has 0 heterocycles. The van der Waals surface area contributed by atoms with Crippen LogP contribution < -0.4 is 9.62 Å². The molecule has 0 saturated carbocycles. The first-order valence-corrected chi connectivity index (χ1v) is 11.1. The lowest BCUT2D eigenvalue weighted by Gasteiger charge is -2.22. The molecule has 0 fully saturated rings. The molecule has 146 valence electrons. The summed E-state index contributed by atoms with van der Waals surface area (Å²) in [5.74, 6) is -0.427. The number of hydrogen-bond donors (Lipinski definition) is 1. The fraction of sp³-hybridized carbons (Fsp3) is 0.316. The molecule has 0 bridgehead atoms. The predicted octanol–water partition coefficient (Wildman–Crippen LogP) is 3.49. The summed E-state index contributed by atoms with van der Waals surface area (Å²) >= 11 is 3.33. The first-order chi connectivity index (χ1) is 12.8. The van der Waals surface area contributed by atoms with Gasteiger partial charge in [0.05, 0.1) is 11.9 Å². The molecule has 2 aromatic rings. The van der Waals surface area contributed by atoms with Crippen LogP contribution in [0, 0.1) is 5.82 Å². The van der Waals surface area contributed by atoms with Gasteiger partial charge in [-0.05, 0) is 48.7 Å². The molecule has 1 amide bonds. The molecule has 0 radical (unpaired) electrons. The lowest BCUT2D eigenvalue weighted by atomic mass is 10.1. The number of halogens is 2. The SMILES string of the molecule is CS(=O)(=O)N(CCCC(=O)NCCc1ccc(F)cc1)c1cccc(Br)c1. The Morgan fingerprint density at radius 1 is 1.19 bits per heavy atom. The zero-order valence-corrected chi connectivity index (χ0v) is 17.4. The van der Waals surface area contributed by atoms with Crippen LogP contribution in [0.5, 0.6) is 0 Å². The van der Waals surface area contributed by atoms with Gasteiger partial charge in [-0.25, -0.2) is 12.8 Å². The quantitative estimate of drug-likeness (QED) is 0.627. The highest BCUT2D eigenvalue weighted by molar-refractivity contribution is 9.10. The average Bonchev–Trinajstić information content (AvgIpc) is 2.59. The van der Waals surface area contributed by atoms with Crippen molar-refractivity contribution in [3.05, 3.63) is 64.4 Å². The first-order valence-electron chi connectivity index (χ1n) is 8.50. The van der Waals surface area contributed by atoms with Gasteiger partial charge in [-0.2, -0.15) is 0 Å². The Bertz CT molecular complexity index is 873. The third kappa shape index (κ3) is 7.30. The summed E-state index contributed by atoms with van der Waals surface area (Å²) in [5, 5.41) is 2.80. The van der Waals surface area contributed by atoms with Gasteiger partial charge in [-0.1, -0.05) is 34.1 Å². The van der Waals surface area contributed by atoms with Crippen molar-refractivity contribution in [1.82, 2.24) is 5.32 Å². The van der Waals surface area contributed by atoms with E-state index in [-0.39, 0.29) is 24.7 Å². The third-order valence-corrected chi connectivity index (χ3v) is 5.60. The topological polar surface area (TPSA) is 66.5 Å². The molecule has 0 saturated heterocycles. The third-order valence-electron chi connectivity index (χ3n) is 3.91. The van der Waals surface area contributed by atoms with Crippen molar-refractivity contribution >= 4 is 37.5 Å². The van der Waals surface area contributed by atoms with Crippen molar-refractivity contribution < 1.29 is 17.6 Å². The van der Waals surface area contributed by atoms with E-state index < -0.39 is 10.0 Å². The number of hydrogen-bond acceptors (Lipinski definition) is 3. The van der Waals surface area contributed by atoms with Crippen LogP contribution in [-0.4, -0.2) is 33.7 Å². The van der Waals surface area contributed by atoms with E-state index in [1.807, 2.05) is 6.07 Å². The summed E-state index contributed by atoms with van der Waals surface area (Å²) in [7, 11) is -3.44. The maximum atomic E-state index is 12.9. The Morgan fingerprint density at radius 2 is 1.89 bits per heavy atom. The van der Waals surface area contributed by atoms with Crippen molar-refractivity contribution in [3.63, 3.8) is 0 Å². The molecule has 0 atom stereocenters. The molecule has 0 aliphatic heterocycles. The van der Waals surface area contributed by atoms with Crippen LogP contribution in [0.2, 0.25) is 0 Å². The highest BCUT2D eigenvalue weighted by Gasteiger charge is 2.17. The van der Waals surface area contributed by atoms with Gasteiger partial charge in [0.1, 0.15) is 5.82 Å². The number of rotatable bonds is 9. The van der Waals surface area contributed by atoms with E-state index in [2.05, 4.69) is 21.2 Å². The zero-order valence-electron chi connectivity index (χ0n) is 15.0. The van der Waals surface area contributed by atoms with E-state index in [9.17, 15) is 17.6 Å². The van der Waals surface area contributed by atoms with Crippen molar-refractivity contribution in [2.45, 2.75) is 19.3 Å². The molecule has 27 heavy (non-hydrogen) atoms. The van der Waals surface area contributed by atoms with E-state index in [1.54, 1.807) is 30.3 Å². The van der Waals surface area contributed by atoms with Crippen LogP contribution in [-0.2, 0) is 21.2 Å². The fourth-order valence-corrected chi connectivity index (χ4v) is 3.93. The van der Waals surface area contributed by atoms with Gasteiger partial charge < -0.3 is 5.32 Å². The maximum Gasteiger partial charge on any atom is 0.232 e. The van der Waals surface area contributed by atoms with E-state index in [4.69, 9.17) is 0 Å². The average molecular weight is 457 g/mol. The number of benzene rings is 2. The summed E-state index contributed by atoms with van der Waals surface area (Å²) in [4.78, 5) is 12.0. The van der Waals surface area contributed by atoms with Gasteiger partial charge in [0.25, 0.3) is 0 Å². The molecule has 8 heteroatoms. The van der Waals surface area contributed by atoms with Gasteiger partial charge in [0, 0.05) is 24.0 Å². The summed E-state index contributed by atoms with van der Waals surface area (Å²) in [6, 6.07) is 13.2. The zero-order chi connectivity index (χ0) is 19.9.